The maximum absolute atomic E-state index is 6.22. The molecule has 1 heteroatoms. The predicted molar refractivity (Wildman–Crippen MR) is 66.9 cm³/mol. The Kier molecular flexibility index (Phi) is 3.70. The molecule has 0 spiro atoms. The van der Waals surface area contributed by atoms with Crippen LogP contribution in [0.3, 0.4) is 0 Å². The second-order valence-corrected chi connectivity index (χ2v) is 4.86. The molecule has 1 unspecified atom stereocenters. The highest BCUT2D eigenvalue weighted by Gasteiger charge is 2.27. The molecule has 0 bridgehead atoms. The van der Waals surface area contributed by atoms with Crippen LogP contribution in [0.15, 0.2) is 42.5 Å². The first-order valence-electron chi connectivity index (χ1n) is 5.40. The van der Waals surface area contributed by atoms with Crippen molar-refractivity contribution in [2.24, 2.45) is 5.73 Å². The molecule has 1 nitrogen and oxygen atoms in total. The summed E-state index contributed by atoms with van der Waals surface area (Å²) in [5.41, 5.74) is 8.66. The molecule has 0 fully saturated rings. The first-order chi connectivity index (χ1) is 6.94. The molecule has 0 heterocycles. The molecule has 0 saturated carbocycles. The topological polar surface area (TPSA) is 26.0 Å². The normalized spacial score (nSPS) is 13.6. The van der Waals surface area contributed by atoms with Crippen molar-refractivity contribution in [3.05, 3.63) is 48.0 Å². The van der Waals surface area contributed by atoms with Crippen molar-refractivity contribution in [2.45, 2.75) is 38.6 Å². The van der Waals surface area contributed by atoms with Crippen LogP contribution in [0.4, 0.5) is 0 Å². The summed E-state index contributed by atoms with van der Waals surface area (Å²) in [6.45, 7) is 10.3. The summed E-state index contributed by atoms with van der Waals surface area (Å²) in [5, 5.41) is 0. The van der Waals surface area contributed by atoms with E-state index < -0.39 is 0 Å². The molecule has 0 saturated heterocycles. The number of hydrogen-bond acceptors (Lipinski definition) is 1. The third-order valence-corrected chi connectivity index (χ3v) is 3.01. The predicted octanol–water partition coefficient (Wildman–Crippen LogP) is 3.26. The number of hydrogen-bond donors (Lipinski definition) is 1. The van der Waals surface area contributed by atoms with Gasteiger partial charge in [-0.05, 0) is 18.9 Å². The minimum absolute atomic E-state index is 0.000208. The molecular formula is C14H21N. The first-order valence-corrected chi connectivity index (χ1v) is 5.40. The molecular weight excluding hydrogens is 182 g/mol. The van der Waals surface area contributed by atoms with E-state index >= 15 is 0 Å². The van der Waals surface area contributed by atoms with E-state index in [1.807, 2.05) is 13.0 Å². The minimum Gasteiger partial charge on any atom is -0.327 e. The Morgan fingerprint density at radius 2 is 1.87 bits per heavy atom. The average Bonchev–Trinajstić information content (AvgIpc) is 2.18. The Morgan fingerprint density at radius 3 is 2.33 bits per heavy atom. The molecule has 0 radical (unpaired) electrons. The van der Waals surface area contributed by atoms with Crippen LogP contribution in [-0.2, 0) is 5.41 Å². The zero-order valence-corrected chi connectivity index (χ0v) is 9.96. The van der Waals surface area contributed by atoms with E-state index in [9.17, 15) is 0 Å². The van der Waals surface area contributed by atoms with Gasteiger partial charge < -0.3 is 5.73 Å². The summed E-state index contributed by atoms with van der Waals surface area (Å²) >= 11 is 0. The van der Waals surface area contributed by atoms with Gasteiger partial charge in [-0.3, -0.25) is 0 Å². The molecule has 1 rings (SSSR count). The largest absolute Gasteiger partial charge is 0.327 e. The average molecular weight is 203 g/mol. The lowest BCUT2D eigenvalue weighted by atomic mass is 9.76. The van der Waals surface area contributed by atoms with E-state index in [-0.39, 0.29) is 11.5 Å². The maximum atomic E-state index is 6.22. The van der Waals surface area contributed by atoms with Gasteiger partial charge in [0.25, 0.3) is 0 Å². The SMILES string of the molecule is C=C(C)CC(N)C(C)(C)c1ccccc1. The lowest BCUT2D eigenvalue weighted by molar-refractivity contribution is 0.406. The second kappa shape index (κ2) is 4.63. The Morgan fingerprint density at radius 1 is 1.33 bits per heavy atom. The van der Waals surface area contributed by atoms with Gasteiger partial charge in [-0.1, -0.05) is 49.8 Å². The minimum atomic E-state index is 0.000208. The molecule has 15 heavy (non-hydrogen) atoms. The lowest BCUT2D eigenvalue weighted by Gasteiger charge is -2.32. The fourth-order valence-corrected chi connectivity index (χ4v) is 1.71. The molecule has 1 aromatic carbocycles. The van der Waals surface area contributed by atoms with Gasteiger partial charge in [-0.2, -0.15) is 0 Å². The summed E-state index contributed by atoms with van der Waals surface area (Å²) in [6.07, 6.45) is 0.877. The molecule has 0 aliphatic rings. The van der Waals surface area contributed by atoms with Crippen LogP contribution in [0.1, 0.15) is 32.8 Å². The fraction of sp³-hybridized carbons (Fsp3) is 0.429. The number of benzene rings is 1. The van der Waals surface area contributed by atoms with Crippen molar-refractivity contribution in [3.8, 4) is 0 Å². The molecule has 0 amide bonds. The molecule has 1 aromatic rings. The summed E-state index contributed by atoms with van der Waals surface area (Å²) in [6, 6.07) is 10.5. The van der Waals surface area contributed by atoms with Crippen LogP contribution < -0.4 is 5.73 Å². The third-order valence-electron chi connectivity index (χ3n) is 3.01. The van der Waals surface area contributed by atoms with Crippen molar-refractivity contribution < 1.29 is 0 Å². The van der Waals surface area contributed by atoms with E-state index in [1.165, 1.54) is 5.56 Å². The Labute approximate surface area is 93.0 Å². The van der Waals surface area contributed by atoms with Gasteiger partial charge in [0.15, 0.2) is 0 Å². The van der Waals surface area contributed by atoms with Gasteiger partial charge in [-0.25, -0.2) is 0 Å². The fourth-order valence-electron chi connectivity index (χ4n) is 1.71. The Bertz CT molecular complexity index is 324. The van der Waals surface area contributed by atoms with Crippen molar-refractivity contribution in [2.75, 3.05) is 0 Å². The molecule has 0 aliphatic carbocycles. The highest BCUT2D eigenvalue weighted by Crippen LogP contribution is 2.28. The monoisotopic (exact) mass is 203 g/mol. The summed E-state index contributed by atoms with van der Waals surface area (Å²) in [4.78, 5) is 0. The van der Waals surface area contributed by atoms with Gasteiger partial charge in [0.1, 0.15) is 0 Å². The smallest absolute Gasteiger partial charge is 0.0168 e. The molecule has 0 aromatic heterocycles. The van der Waals surface area contributed by atoms with E-state index in [2.05, 4.69) is 44.7 Å². The van der Waals surface area contributed by atoms with E-state index in [0.29, 0.717) is 0 Å². The van der Waals surface area contributed by atoms with E-state index in [0.717, 1.165) is 12.0 Å². The van der Waals surface area contributed by atoms with Crippen LogP contribution >= 0.6 is 0 Å². The standard InChI is InChI=1S/C14H21N/c1-11(2)10-13(15)14(3,4)12-8-6-5-7-9-12/h5-9,13H,1,10,15H2,2-4H3. The zero-order valence-electron chi connectivity index (χ0n) is 9.96. The Hall–Kier alpha value is -1.08. The van der Waals surface area contributed by atoms with Crippen LogP contribution in [-0.4, -0.2) is 6.04 Å². The highest BCUT2D eigenvalue weighted by atomic mass is 14.7. The Balaban J connectivity index is 2.87. The van der Waals surface area contributed by atoms with E-state index in [1.54, 1.807) is 0 Å². The maximum Gasteiger partial charge on any atom is 0.0168 e. The van der Waals surface area contributed by atoms with Gasteiger partial charge in [0.05, 0.1) is 0 Å². The van der Waals surface area contributed by atoms with Gasteiger partial charge in [-0.15, -0.1) is 6.58 Å². The van der Waals surface area contributed by atoms with Gasteiger partial charge in [0, 0.05) is 11.5 Å². The lowest BCUT2D eigenvalue weighted by Crippen LogP contribution is -2.40. The van der Waals surface area contributed by atoms with E-state index in [4.69, 9.17) is 5.73 Å². The summed E-state index contributed by atoms with van der Waals surface area (Å²) in [5.74, 6) is 0. The second-order valence-electron chi connectivity index (χ2n) is 4.86. The van der Waals surface area contributed by atoms with Crippen LogP contribution in [0, 0.1) is 0 Å². The van der Waals surface area contributed by atoms with Gasteiger partial charge in [0.2, 0.25) is 0 Å². The highest BCUT2D eigenvalue weighted by molar-refractivity contribution is 5.26. The molecule has 1 atom stereocenters. The summed E-state index contributed by atoms with van der Waals surface area (Å²) in [7, 11) is 0. The van der Waals surface area contributed by atoms with Crippen LogP contribution in [0.25, 0.3) is 0 Å². The zero-order chi connectivity index (χ0) is 11.5. The molecule has 2 N–H and O–H groups in total. The van der Waals surface area contributed by atoms with Crippen molar-refractivity contribution in [1.29, 1.82) is 0 Å². The van der Waals surface area contributed by atoms with Crippen molar-refractivity contribution >= 4 is 0 Å². The third kappa shape index (κ3) is 2.93. The number of rotatable bonds is 4. The van der Waals surface area contributed by atoms with Gasteiger partial charge >= 0.3 is 0 Å². The first kappa shape index (κ1) is 12.0. The molecule has 0 aliphatic heterocycles. The van der Waals surface area contributed by atoms with Crippen molar-refractivity contribution in [3.63, 3.8) is 0 Å². The summed E-state index contributed by atoms with van der Waals surface area (Å²) < 4.78 is 0. The van der Waals surface area contributed by atoms with Crippen LogP contribution in [0.5, 0.6) is 0 Å². The van der Waals surface area contributed by atoms with Crippen LogP contribution in [0.2, 0.25) is 0 Å². The number of nitrogens with two attached hydrogens (primary N) is 1. The molecule has 82 valence electrons. The van der Waals surface area contributed by atoms with Crippen molar-refractivity contribution in [1.82, 2.24) is 0 Å². The quantitative estimate of drug-likeness (QED) is 0.747.